The van der Waals surface area contributed by atoms with Crippen LogP contribution in [0.3, 0.4) is 0 Å². The topological polar surface area (TPSA) is 79.6 Å². The van der Waals surface area contributed by atoms with Crippen molar-refractivity contribution in [2.45, 2.75) is 19.4 Å². The number of carbonyl (C=O) groups is 2. The van der Waals surface area contributed by atoms with E-state index in [0.29, 0.717) is 23.1 Å². The Kier molecular flexibility index (Phi) is 5.29. The standard InChI is InChI=1S/C25H22N2O4/c1-4-9-17-12-8-13-18-14-19(25(30)31-23(17)18)24(29)26-20-15(2)27(3)21(22(20)28)16-10-6-5-7-11-16/h4-8,10-14,21H,1,9H2,2-3H3,(H,26,29). The van der Waals surface area contributed by atoms with Crippen LogP contribution in [-0.2, 0) is 11.2 Å². The summed E-state index contributed by atoms with van der Waals surface area (Å²) < 4.78 is 5.45. The smallest absolute Gasteiger partial charge is 0.349 e. The number of fused-ring (bicyclic) bond motifs is 1. The molecule has 156 valence electrons. The van der Waals surface area contributed by atoms with E-state index < -0.39 is 17.6 Å². The average molecular weight is 414 g/mol. The summed E-state index contributed by atoms with van der Waals surface area (Å²) in [6.07, 6.45) is 2.26. The van der Waals surface area contributed by atoms with Crippen molar-refractivity contribution in [2.24, 2.45) is 0 Å². The van der Waals surface area contributed by atoms with Crippen molar-refractivity contribution >= 4 is 22.7 Å². The first-order chi connectivity index (χ1) is 14.9. The van der Waals surface area contributed by atoms with E-state index in [1.807, 2.05) is 47.4 Å². The van der Waals surface area contributed by atoms with Gasteiger partial charge in [-0.25, -0.2) is 4.79 Å². The fourth-order valence-electron chi connectivity index (χ4n) is 3.88. The molecule has 0 saturated carbocycles. The van der Waals surface area contributed by atoms with Gasteiger partial charge >= 0.3 is 5.63 Å². The van der Waals surface area contributed by atoms with E-state index in [-0.39, 0.29) is 17.0 Å². The number of Topliss-reactive ketones (excluding diaryl/α,β-unsaturated/α-hetero) is 1. The zero-order chi connectivity index (χ0) is 22.1. The van der Waals surface area contributed by atoms with Gasteiger partial charge < -0.3 is 14.6 Å². The second-order valence-corrected chi connectivity index (χ2v) is 7.48. The van der Waals surface area contributed by atoms with Crippen molar-refractivity contribution in [2.75, 3.05) is 7.05 Å². The van der Waals surface area contributed by atoms with Crippen molar-refractivity contribution < 1.29 is 14.0 Å². The fourth-order valence-corrected chi connectivity index (χ4v) is 3.88. The SMILES string of the molecule is C=CCc1cccc2cc(C(=O)NC3=C(C)N(C)C(c4ccccc4)C3=O)c(=O)oc12. The number of hydrogen-bond acceptors (Lipinski definition) is 5. The summed E-state index contributed by atoms with van der Waals surface area (Å²) in [6.45, 7) is 5.48. The van der Waals surface area contributed by atoms with Crippen LogP contribution in [0.5, 0.6) is 0 Å². The van der Waals surface area contributed by atoms with Crippen molar-refractivity contribution in [3.8, 4) is 0 Å². The van der Waals surface area contributed by atoms with Gasteiger partial charge in [-0.05, 0) is 30.5 Å². The molecule has 4 rings (SSSR count). The van der Waals surface area contributed by atoms with Gasteiger partial charge in [0, 0.05) is 18.1 Å². The quantitative estimate of drug-likeness (QED) is 0.508. The summed E-state index contributed by atoms with van der Waals surface area (Å²) in [6, 6.07) is 15.8. The van der Waals surface area contributed by atoms with Gasteiger partial charge in [0.1, 0.15) is 22.9 Å². The number of rotatable bonds is 5. The van der Waals surface area contributed by atoms with Crippen LogP contribution in [0.4, 0.5) is 0 Å². The number of hydrogen-bond donors (Lipinski definition) is 1. The summed E-state index contributed by atoms with van der Waals surface area (Å²) in [4.78, 5) is 40.4. The first-order valence-corrected chi connectivity index (χ1v) is 9.93. The zero-order valence-corrected chi connectivity index (χ0v) is 17.3. The minimum absolute atomic E-state index is 0.151. The minimum atomic E-state index is -0.752. The molecule has 1 aromatic heterocycles. The molecular weight excluding hydrogens is 392 g/mol. The second kappa shape index (κ2) is 8.07. The predicted octanol–water partition coefficient (Wildman–Crippen LogP) is 3.74. The molecule has 1 unspecified atom stereocenters. The summed E-state index contributed by atoms with van der Waals surface area (Å²) >= 11 is 0. The largest absolute Gasteiger partial charge is 0.422 e. The van der Waals surface area contributed by atoms with Crippen LogP contribution in [0, 0.1) is 0 Å². The third-order valence-corrected chi connectivity index (χ3v) is 5.58. The Bertz CT molecular complexity index is 1290. The van der Waals surface area contributed by atoms with Gasteiger partial charge in [-0.3, -0.25) is 9.59 Å². The van der Waals surface area contributed by atoms with Crippen LogP contribution in [0.2, 0.25) is 0 Å². The number of allylic oxidation sites excluding steroid dienone is 2. The summed E-state index contributed by atoms with van der Waals surface area (Å²) in [5.41, 5.74) is 1.99. The normalized spacial score (nSPS) is 16.1. The second-order valence-electron chi connectivity index (χ2n) is 7.48. The molecule has 0 saturated heterocycles. The molecule has 1 N–H and O–H groups in total. The number of benzene rings is 2. The van der Waals surface area contributed by atoms with E-state index in [1.54, 1.807) is 26.1 Å². The minimum Gasteiger partial charge on any atom is -0.422 e. The monoisotopic (exact) mass is 414 g/mol. The Morgan fingerprint density at radius 2 is 1.90 bits per heavy atom. The van der Waals surface area contributed by atoms with Gasteiger partial charge in [0.25, 0.3) is 5.91 Å². The Balaban J connectivity index is 1.66. The molecule has 0 aliphatic carbocycles. The summed E-state index contributed by atoms with van der Waals surface area (Å²) in [5.74, 6) is -0.896. The van der Waals surface area contributed by atoms with Gasteiger partial charge in [-0.2, -0.15) is 0 Å². The van der Waals surface area contributed by atoms with Crippen LogP contribution in [0.15, 0.2) is 87.9 Å². The van der Waals surface area contributed by atoms with E-state index in [4.69, 9.17) is 4.42 Å². The Labute approximate surface area is 179 Å². The van der Waals surface area contributed by atoms with E-state index in [1.165, 1.54) is 6.07 Å². The van der Waals surface area contributed by atoms with Gasteiger partial charge in [0.05, 0.1) is 0 Å². The number of nitrogens with zero attached hydrogens (tertiary/aromatic N) is 1. The number of likely N-dealkylation sites (N-methyl/N-ethyl adjacent to an activating group) is 1. The zero-order valence-electron chi connectivity index (χ0n) is 17.3. The summed E-state index contributed by atoms with van der Waals surface area (Å²) in [7, 11) is 1.80. The van der Waals surface area contributed by atoms with Crippen LogP contribution in [0.25, 0.3) is 11.0 Å². The van der Waals surface area contributed by atoms with Crippen LogP contribution in [0.1, 0.15) is 34.5 Å². The highest BCUT2D eigenvalue weighted by molar-refractivity contribution is 6.08. The maximum atomic E-state index is 13.1. The molecule has 1 aliphatic rings. The van der Waals surface area contributed by atoms with Crippen molar-refractivity contribution in [3.63, 3.8) is 0 Å². The number of ketones is 1. The molecular formula is C25H22N2O4. The molecule has 2 heterocycles. The highest BCUT2D eigenvalue weighted by Crippen LogP contribution is 2.33. The van der Waals surface area contributed by atoms with Gasteiger partial charge in [0.2, 0.25) is 5.78 Å². The molecule has 3 aromatic rings. The molecule has 0 radical (unpaired) electrons. The maximum Gasteiger partial charge on any atom is 0.349 e. The van der Waals surface area contributed by atoms with Crippen LogP contribution >= 0.6 is 0 Å². The van der Waals surface area contributed by atoms with E-state index in [0.717, 1.165) is 11.1 Å². The molecule has 0 fully saturated rings. The third-order valence-electron chi connectivity index (χ3n) is 5.58. The molecule has 0 bridgehead atoms. The van der Waals surface area contributed by atoms with Crippen molar-refractivity contribution in [3.05, 3.63) is 106 Å². The van der Waals surface area contributed by atoms with Gasteiger partial charge in [0.15, 0.2) is 0 Å². The number of para-hydroxylation sites is 1. The first kappa shape index (κ1) is 20.3. The van der Waals surface area contributed by atoms with Crippen molar-refractivity contribution in [1.82, 2.24) is 10.2 Å². The van der Waals surface area contributed by atoms with Crippen LogP contribution in [-0.4, -0.2) is 23.6 Å². The molecule has 1 aliphatic heterocycles. The van der Waals surface area contributed by atoms with E-state index in [2.05, 4.69) is 11.9 Å². The molecule has 6 nitrogen and oxygen atoms in total. The van der Waals surface area contributed by atoms with Crippen molar-refractivity contribution in [1.29, 1.82) is 0 Å². The first-order valence-electron chi connectivity index (χ1n) is 9.93. The van der Waals surface area contributed by atoms with Gasteiger partial charge in [-0.15, -0.1) is 6.58 Å². The Morgan fingerprint density at radius 1 is 1.16 bits per heavy atom. The molecule has 0 spiro atoms. The summed E-state index contributed by atoms with van der Waals surface area (Å²) in [5, 5.41) is 3.27. The van der Waals surface area contributed by atoms with Gasteiger partial charge in [-0.1, -0.05) is 54.6 Å². The fraction of sp³-hybridized carbons (Fsp3) is 0.160. The maximum absolute atomic E-state index is 13.1. The molecule has 1 atom stereocenters. The van der Waals surface area contributed by atoms with E-state index >= 15 is 0 Å². The predicted molar refractivity (Wildman–Crippen MR) is 119 cm³/mol. The molecule has 2 aromatic carbocycles. The van der Waals surface area contributed by atoms with Crippen LogP contribution < -0.4 is 10.9 Å². The third kappa shape index (κ3) is 3.57. The Hall–Kier alpha value is -3.93. The lowest BCUT2D eigenvalue weighted by molar-refractivity contribution is -0.118. The average Bonchev–Trinajstić information content (AvgIpc) is 2.97. The number of amides is 1. The number of carbonyl (C=O) groups excluding carboxylic acids is 2. The number of nitrogens with one attached hydrogen (secondary N) is 1. The lowest BCUT2D eigenvalue weighted by Crippen LogP contribution is -2.31. The molecule has 31 heavy (non-hydrogen) atoms. The highest BCUT2D eigenvalue weighted by atomic mass is 16.4. The lowest BCUT2D eigenvalue weighted by Gasteiger charge is -2.22. The Morgan fingerprint density at radius 3 is 2.61 bits per heavy atom. The lowest BCUT2D eigenvalue weighted by atomic mass is 10.0. The molecule has 6 heteroatoms. The highest BCUT2D eigenvalue weighted by Gasteiger charge is 2.37. The van der Waals surface area contributed by atoms with E-state index in [9.17, 15) is 14.4 Å². The molecule has 1 amide bonds.